The summed E-state index contributed by atoms with van der Waals surface area (Å²) in [4.78, 5) is 25.1. The van der Waals surface area contributed by atoms with Gasteiger partial charge in [0.15, 0.2) is 0 Å². The fourth-order valence-corrected chi connectivity index (χ4v) is 2.16. The van der Waals surface area contributed by atoms with Crippen LogP contribution in [0, 0.1) is 5.92 Å². The molecule has 1 saturated heterocycles. The lowest BCUT2D eigenvalue weighted by atomic mass is 9.94. The van der Waals surface area contributed by atoms with E-state index in [-0.39, 0.29) is 30.8 Å². The molecule has 1 atom stereocenters. The summed E-state index contributed by atoms with van der Waals surface area (Å²) >= 11 is 0. The number of hydrogen-bond donors (Lipinski definition) is 3. The Bertz CT molecular complexity index is 367. The Balaban J connectivity index is 2.39. The summed E-state index contributed by atoms with van der Waals surface area (Å²) in [6, 6.07) is -0.622. The second kappa shape index (κ2) is 7.72. The minimum absolute atomic E-state index is 0.0146. The molecule has 0 bridgehead atoms. The van der Waals surface area contributed by atoms with Crippen molar-refractivity contribution >= 4 is 11.8 Å². The van der Waals surface area contributed by atoms with Gasteiger partial charge in [-0.05, 0) is 5.92 Å². The van der Waals surface area contributed by atoms with Crippen LogP contribution in [0.4, 0.5) is 0 Å². The predicted molar refractivity (Wildman–Crippen MR) is 78.5 cm³/mol. The van der Waals surface area contributed by atoms with Crippen molar-refractivity contribution in [3.8, 4) is 0 Å². The number of nitrogens with zero attached hydrogens (tertiary/aromatic N) is 1. The van der Waals surface area contributed by atoms with Gasteiger partial charge in [0.05, 0.1) is 18.2 Å². The molecule has 7 heteroatoms. The van der Waals surface area contributed by atoms with Gasteiger partial charge in [0, 0.05) is 39.6 Å². The van der Waals surface area contributed by atoms with Crippen molar-refractivity contribution < 1.29 is 19.4 Å². The van der Waals surface area contributed by atoms with Gasteiger partial charge in [-0.2, -0.15) is 0 Å². The molecular weight excluding hydrogens is 274 g/mol. The van der Waals surface area contributed by atoms with Crippen molar-refractivity contribution in [1.82, 2.24) is 10.2 Å². The number of amides is 2. The second-order valence-electron chi connectivity index (χ2n) is 6.07. The summed E-state index contributed by atoms with van der Waals surface area (Å²) in [5.74, 6) is -0.573. The van der Waals surface area contributed by atoms with E-state index in [2.05, 4.69) is 5.32 Å². The van der Waals surface area contributed by atoms with E-state index in [0.29, 0.717) is 26.1 Å². The molecular formula is C14H27N3O4. The lowest BCUT2D eigenvalue weighted by Gasteiger charge is -2.35. The lowest BCUT2D eigenvalue weighted by molar-refractivity contribution is -0.137. The Hall–Kier alpha value is -1.18. The van der Waals surface area contributed by atoms with Crippen molar-refractivity contribution in [2.75, 3.05) is 33.4 Å². The Morgan fingerprint density at radius 1 is 1.38 bits per heavy atom. The molecule has 1 aliphatic rings. The summed E-state index contributed by atoms with van der Waals surface area (Å²) in [7, 11) is 1.62. The number of aliphatic hydroxyl groups is 1. The first-order valence-electron chi connectivity index (χ1n) is 7.32. The maximum absolute atomic E-state index is 12.0. The van der Waals surface area contributed by atoms with E-state index in [1.54, 1.807) is 7.05 Å². The molecule has 0 aromatic heterocycles. The first-order valence-corrected chi connectivity index (χ1v) is 7.32. The molecule has 1 aliphatic heterocycles. The SMILES string of the molecule is CC(C)[C@H](N)C(=O)NCC(=O)N(C)CC1(O)CCOCC1. The Kier molecular flexibility index (Phi) is 6.57. The zero-order valence-electron chi connectivity index (χ0n) is 13.1. The van der Waals surface area contributed by atoms with E-state index < -0.39 is 11.6 Å². The first kappa shape index (κ1) is 17.9. The lowest BCUT2D eigenvalue weighted by Crippen LogP contribution is -2.51. The number of carbonyl (C=O) groups excluding carboxylic acids is 2. The van der Waals surface area contributed by atoms with Crippen LogP contribution in [0.3, 0.4) is 0 Å². The zero-order chi connectivity index (χ0) is 16.0. The van der Waals surface area contributed by atoms with Gasteiger partial charge in [0.25, 0.3) is 0 Å². The van der Waals surface area contributed by atoms with Crippen molar-refractivity contribution in [3.63, 3.8) is 0 Å². The fraction of sp³-hybridized carbons (Fsp3) is 0.857. The number of nitrogens with one attached hydrogen (secondary N) is 1. The Labute approximate surface area is 125 Å². The van der Waals surface area contributed by atoms with E-state index in [1.165, 1.54) is 4.90 Å². The van der Waals surface area contributed by atoms with E-state index in [1.807, 2.05) is 13.8 Å². The van der Waals surface area contributed by atoms with Crippen molar-refractivity contribution in [2.45, 2.75) is 38.3 Å². The van der Waals surface area contributed by atoms with Crippen LogP contribution in [0.25, 0.3) is 0 Å². The van der Waals surface area contributed by atoms with Crippen LogP contribution in [0.1, 0.15) is 26.7 Å². The van der Waals surface area contributed by atoms with Crippen molar-refractivity contribution in [3.05, 3.63) is 0 Å². The Morgan fingerprint density at radius 2 is 1.95 bits per heavy atom. The van der Waals surface area contributed by atoms with Crippen molar-refractivity contribution in [2.24, 2.45) is 11.7 Å². The molecule has 2 amide bonds. The van der Waals surface area contributed by atoms with Crippen LogP contribution < -0.4 is 11.1 Å². The molecule has 0 aromatic carbocycles. The molecule has 0 unspecified atom stereocenters. The van der Waals surface area contributed by atoms with Gasteiger partial charge in [-0.15, -0.1) is 0 Å². The molecule has 0 aromatic rings. The van der Waals surface area contributed by atoms with Gasteiger partial charge in [-0.3, -0.25) is 9.59 Å². The van der Waals surface area contributed by atoms with Crippen LogP contribution >= 0.6 is 0 Å². The minimum Gasteiger partial charge on any atom is -0.388 e. The molecule has 1 fully saturated rings. The van der Waals surface area contributed by atoms with Gasteiger partial charge in [-0.25, -0.2) is 0 Å². The summed E-state index contributed by atoms with van der Waals surface area (Å²) in [6.07, 6.45) is 1.02. The van der Waals surface area contributed by atoms with E-state index in [0.717, 1.165) is 0 Å². The van der Waals surface area contributed by atoms with Gasteiger partial charge in [-0.1, -0.05) is 13.8 Å². The predicted octanol–water partition coefficient (Wildman–Crippen LogP) is -0.914. The topological polar surface area (TPSA) is 105 Å². The third-order valence-corrected chi connectivity index (χ3v) is 3.82. The molecule has 0 radical (unpaired) electrons. The highest BCUT2D eigenvalue weighted by Crippen LogP contribution is 2.21. The van der Waals surface area contributed by atoms with Gasteiger partial charge < -0.3 is 25.8 Å². The van der Waals surface area contributed by atoms with Gasteiger partial charge in [0.1, 0.15) is 0 Å². The number of carbonyl (C=O) groups is 2. The molecule has 122 valence electrons. The molecule has 7 nitrogen and oxygen atoms in total. The normalized spacial score (nSPS) is 19.1. The molecule has 4 N–H and O–H groups in total. The van der Waals surface area contributed by atoms with E-state index in [4.69, 9.17) is 10.5 Å². The maximum atomic E-state index is 12.0. The number of ether oxygens (including phenoxy) is 1. The smallest absolute Gasteiger partial charge is 0.241 e. The van der Waals surface area contributed by atoms with Crippen LogP contribution in [-0.2, 0) is 14.3 Å². The highest BCUT2D eigenvalue weighted by atomic mass is 16.5. The van der Waals surface area contributed by atoms with Crippen molar-refractivity contribution in [1.29, 1.82) is 0 Å². The maximum Gasteiger partial charge on any atom is 0.241 e. The summed E-state index contributed by atoms with van der Waals surface area (Å²) < 4.78 is 5.20. The summed E-state index contributed by atoms with van der Waals surface area (Å²) in [5.41, 5.74) is 4.80. The van der Waals surface area contributed by atoms with E-state index in [9.17, 15) is 14.7 Å². The van der Waals surface area contributed by atoms with Crippen LogP contribution in [0.15, 0.2) is 0 Å². The monoisotopic (exact) mass is 301 g/mol. The largest absolute Gasteiger partial charge is 0.388 e. The van der Waals surface area contributed by atoms with Gasteiger partial charge in [0.2, 0.25) is 11.8 Å². The van der Waals surface area contributed by atoms with Gasteiger partial charge >= 0.3 is 0 Å². The quantitative estimate of drug-likeness (QED) is 0.589. The first-order chi connectivity index (χ1) is 9.75. The second-order valence-corrected chi connectivity index (χ2v) is 6.07. The third kappa shape index (κ3) is 5.61. The molecule has 0 saturated carbocycles. The molecule has 1 heterocycles. The van der Waals surface area contributed by atoms with E-state index >= 15 is 0 Å². The van der Waals surface area contributed by atoms with Crippen LogP contribution in [-0.4, -0.2) is 66.8 Å². The fourth-order valence-electron chi connectivity index (χ4n) is 2.16. The van der Waals surface area contributed by atoms with Crippen LogP contribution in [0.2, 0.25) is 0 Å². The number of likely N-dealkylation sites (N-methyl/N-ethyl adjacent to an activating group) is 1. The molecule has 0 spiro atoms. The summed E-state index contributed by atoms with van der Waals surface area (Å²) in [5, 5.41) is 12.9. The standard InChI is InChI=1S/C14H27N3O4/c1-10(2)12(15)13(19)16-8-11(18)17(3)9-14(20)4-6-21-7-5-14/h10,12,20H,4-9,15H2,1-3H3,(H,16,19)/t12-/m0/s1. The molecule has 21 heavy (non-hydrogen) atoms. The Morgan fingerprint density at radius 3 is 2.48 bits per heavy atom. The highest BCUT2D eigenvalue weighted by molar-refractivity contribution is 5.87. The third-order valence-electron chi connectivity index (χ3n) is 3.82. The average Bonchev–Trinajstić information content (AvgIpc) is 2.43. The zero-order valence-corrected chi connectivity index (χ0v) is 13.1. The average molecular weight is 301 g/mol. The number of rotatable bonds is 6. The number of hydrogen-bond acceptors (Lipinski definition) is 5. The number of nitrogens with two attached hydrogens (primary N) is 1. The summed E-state index contributed by atoms with van der Waals surface area (Å²) in [6.45, 7) is 4.82. The molecule has 1 rings (SSSR count). The molecule has 0 aliphatic carbocycles. The van der Waals surface area contributed by atoms with Crippen LogP contribution in [0.5, 0.6) is 0 Å². The highest BCUT2D eigenvalue weighted by Gasteiger charge is 2.32. The minimum atomic E-state index is -0.902.